The van der Waals surface area contributed by atoms with Crippen molar-refractivity contribution >= 4 is 37.5 Å². The average molecular weight is 452 g/mol. The first-order chi connectivity index (χ1) is 12.9. The number of sulfonamides is 1. The Morgan fingerprint density at radius 1 is 1.00 bits per heavy atom. The number of carbonyl (C=O) groups excluding carboxylic acids is 1. The highest BCUT2D eigenvalue weighted by atomic mass is 79.9. The van der Waals surface area contributed by atoms with E-state index in [0.717, 1.165) is 15.7 Å². The third kappa shape index (κ3) is 5.87. The van der Waals surface area contributed by atoms with Crippen molar-refractivity contribution in [3.8, 4) is 0 Å². The van der Waals surface area contributed by atoms with Crippen LogP contribution in [0.25, 0.3) is 0 Å². The van der Waals surface area contributed by atoms with E-state index in [9.17, 15) is 13.2 Å². The van der Waals surface area contributed by atoms with Gasteiger partial charge in [-0.3, -0.25) is 9.69 Å². The molecule has 1 aliphatic rings. The van der Waals surface area contributed by atoms with Gasteiger partial charge in [0.2, 0.25) is 15.9 Å². The Balaban J connectivity index is 1.49. The lowest BCUT2D eigenvalue weighted by molar-refractivity contribution is -0.117. The highest BCUT2D eigenvalue weighted by molar-refractivity contribution is 9.10. The second kappa shape index (κ2) is 8.97. The lowest BCUT2D eigenvalue weighted by Crippen LogP contribution is -2.50. The minimum Gasteiger partial charge on any atom is -0.325 e. The molecule has 1 N–H and O–H groups in total. The van der Waals surface area contributed by atoms with Crippen molar-refractivity contribution in [3.05, 3.63) is 64.6 Å². The fraction of sp³-hybridized carbons (Fsp3) is 0.316. The van der Waals surface area contributed by atoms with Gasteiger partial charge < -0.3 is 5.32 Å². The molecule has 6 nitrogen and oxygen atoms in total. The van der Waals surface area contributed by atoms with Gasteiger partial charge in [0.05, 0.1) is 12.3 Å². The van der Waals surface area contributed by atoms with Gasteiger partial charge in [0.15, 0.2) is 0 Å². The normalized spacial score (nSPS) is 16.2. The van der Waals surface area contributed by atoms with E-state index in [-0.39, 0.29) is 18.2 Å². The molecule has 1 heterocycles. The van der Waals surface area contributed by atoms with Crippen LogP contribution in [0.5, 0.6) is 0 Å². The zero-order chi connectivity index (χ0) is 19.3. The molecule has 1 amide bonds. The minimum absolute atomic E-state index is 0.0111. The molecule has 144 valence electrons. The second-order valence-corrected chi connectivity index (χ2v) is 9.36. The van der Waals surface area contributed by atoms with Crippen molar-refractivity contribution < 1.29 is 13.2 Å². The minimum atomic E-state index is -3.34. The molecule has 0 bridgehead atoms. The quantitative estimate of drug-likeness (QED) is 0.732. The van der Waals surface area contributed by atoms with E-state index in [1.54, 1.807) is 0 Å². The van der Waals surface area contributed by atoms with Gasteiger partial charge in [0, 0.05) is 36.3 Å². The molecule has 3 rings (SSSR count). The second-order valence-electron chi connectivity index (χ2n) is 6.48. The van der Waals surface area contributed by atoms with Crippen molar-refractivity contribution in [2.24, 2.45) is 0 Å². The maximum absolute atomic E-state index is 12.6. The van der Waals surface area contributed by atoms with Crippen LogP contribution in [-0.4, -0.2) is 56.3 Å². The summed E-state index contributed by atoms with van der Waals surface area (Å²) in [5.74, 6) is -0.0919. The van der Waals surface area contributed by atoms with Gasteiger partial charge in [-0.05, 0) is 23.8 Å². The van der Waals surface area contributed by atoms with E-state index < -0.39 is 10.0 Å². The Labute approximate surface area is 168 Å². The summed E-state index contributed by atoms with van der Waals surface area (Å²) in [6, 6.07) is 16.6. The molecule has 1 fully saturated rings. The van der Waals surface area contributed by atoms with Crippen molar-refractivity contribution in [3.63, 3.8) is 0 Å². The van der Waals surface area contributed by atoms with Crippen LogP contribution in [0.4, 0.5) is 5.69 Å². The van der Waals surface area contributed by atoms with Gasteiger partial charge in [-0.1, -0.05) is 52.3 Å². The number of piperazine rings is 1. The lowest BCUT2D eigenvalue weighted by atomic mass is 10.2. The Morgan fingerprint density at radius 3 is 2.37 bits per heavy atom. The van der Waals surface area contributed by atoms with Crippen molar-refractivity contribution in [2.75, 3.05) is 38.0 Å². The van der Waals surface area contributed by atoms with Crippen LogP contribution >= 0.6 is 15.9 Å². The van der Waals surface area contributed by atoms with E-state index in [1.807, 2.05) is 59.5 Å². The third-order valence-electron chi connectivity index (χ3n) is 4.39. The zero-order valence-corrected chi connectivity index (χ0v) is 17.2. The summed E-state index contributed by atoms with van der Waals surface area (Å²) in [5, 5.41) is 2.86. The van der Waals surface area contributed by atoms with Gasteiger partial charge in [-0.25, -0.2) is 8.42 Å². The van der Waals surface area contributed by atoms with Crippen LogP contribution in [0, 0.1) is 0 Å². The maximum atomic E-state index is 12.6. The highest BCUT2D eigenvalue weighted by Gasteiger charge is 2.27. The largest absolute Gasteiger partial charge is 0.325 e. The molecular formula is C19H22BrN3O3S. The van der Waals surface area contributed by atoms with Gasteiger partial charge in [0.1, 0.15) is 0 Å². The molecule has 1 aliphatic heterocycles. The number of benzene rings is 2. The van der Waals surface area contributed by atoms with Gasteiger partial charge in [-0.2, -0.15) is 4.31 Å². The molecule has 0 radical (unpaired) electrons. The van der Waals surface area contributed by atoms with E-state index in [2.05, 4.69) is 21.2 Å². The van der Waals surface area contributed by atoms with Gasteiger partial charge in [0.25, 0.3) is 0 Å². The first kappa shape index (κ1) is 20.0. The fourth-order valence-electron chi connectivity index (χ4n) is 3.01. The standard InChI is InChI=1S/C19H22BrN3O3S/c20-17-7-4-8-18(13-17)21-19(24)14-22-9-11-23(12-10-22)27(25,26)15-16-5-2-1-3-6-16/h1-8,13H,9-12,14-15H2,(H,21,24). The number of rotatable bonds is 6. The summed E-state index contributed by atoms with van der Waals surface area (Å²) in [5.41, 5.74) is 1.52. The van der Waals surface area contributed by atoms with Gasteiger partial charge >= 0.3 is 0 Å². The SMILES string of the molecule is O=C(CN1CCN(S(=O)(=O)Cc2ccccc2)CC1)Nc1cccc(Br)c1. The number of anilines is 1. The lowest BCUT2D eigenvalue weighted by Gasteiger charge is -2.33. The summed E-state index contributed by atoms with van der Waals surface area (Å²) >= 11 is 3.38. The molecular weight excluding hydrogens is 430 g/mol. The number of carbonyl (C=O) groups is 1. The zero-order valence-electron chi connectivity index (χ0n) is 14.8. The van der Waals surface area contributed by atoms with E-state index in [4.69, 9.17) is 0 Å². The van der Waals surface area contributed by atoms with Crippen LogP contribution in [0.1, 0.15) is 5.56 Å². The topological polar surface area (TPSA) is 69.7 Å². The highest BCUT2D eigenvalue weighted by Crippen LogP contribution is 2.16. The number of hydrogen-bond donors (Lipinski definition) is 1. The molecule has 2 aromatic carbocycles. The first-order valence-corrected chi connectivity index (χ1v) is 11.1. The molecule has 0 unspecified atom stereocenters. The summed E-state index contributed by atoms with van der Waals surface area (Å²) in [4.78, 5) is 14.2. The molecule has 0 aromatic heterocycles. The number of amides is 1. The van der Waals surface area contributed by atoms with E-state index >= 15 is 0 Å². The van der Waals surface area contributed by atoms with Crippen LogP contribution in [0.15, 0.2) is 59.1 Å². The third-order valence-corrected chi connectivity index (χ3v) is 6.74. The molecule has 0 aliphatic carbocycles. The van der Waals surface area contributed by atoms with E-state index in [1.165, 1.54) is 4.31 Å². The molecule has 1 saturated heterocycles. The van der Waals surface area contributed by atoms with Crippen LogP contribution in [0.2, 0.25) is 0 Å². The summed E-state index contributed by atoms with van der Waals surface area (Å²) in [6.07, 6.45) is 0. The Kier molecular flexibility index (Phi) is 6.64. The molecule has 8 heteroatoms. The summed E-state index contributed by atoms with van der Waals surface area (Å²) in [6.45, 7) is 2.14. The molecule has 27 heavy (non-hydrogen) atoms. The molecule has 2 aromatic rings. The van der Waals surface area contributed by atoms with Crippen LogP contribution < -0.4 is 5.32 Å². The predicted octanol–water partition coefficient (Wildman–Crippen LogP) is 2.54. The van der Waals surface area contributed by atoms with Crippen LogP contribution in [-0.2, 0) is 20.6 Å². The molecule has 0 spiro atoms. The number of nitrogens with one attached hydrogen (secondary N) is 1. The number of halogens is 1. The Bertz CT molecular complexity index is 882. The number of hydrogen-bond acceptors (Lipinski definition) is 4. The molecule has 0 atom stereocenters. The fourth-order valence-corrected chi connectivity index (χ4v) is 4.93. The smallest absolute Gasteiger partial charge is 0.238 e. The Hall–Kier alpha value is -1.74. The summed E-state index contributed by atoms with van der Waals surface area (Å²) < 4.78 is 27.6. The maximum Gasteiger partial charge on any atom is 0.238 e. The van der Waals surface area contributed by atoms with Crippen molar-refractivity contribution in [1.29, 1.82) is 0 Å². The first-order valence-electron chi connectivity index (χ1n) is 8.72. The van der Waals surface area contributed by atoms with E-state index in [0.29, 0.717) is 26.2 Å². The monoisotopic (exact) mass is 451 g/mol. The average Bonchev–Trinajstić information content (AvgIpc) is 2.62. The van der Waals surface area contributed by atoms with Gasteiger partial charge in [-0.15, -0.1) is 0 Å². The number of nitrogens with zero attached hydrogens (tertiary/aromatic N) is 2. The molecule has 0 saturated carbocycles. The summed E-state index contributed by atoms with van der Waals surface area (Å²) in [7, 11) is -3.34. The van der Waals surface area contributed by atoms with Crippen molar-refractivity contribution in [2.45, 2.75) is 5.75 Å². The Morgan fingerprint density at radius 2 is 1.70 bits per heavy atom. The van der Waals surface area contributed by atoms with Crippen LogP contribution in [0.3, 0.4) is 0 Å². The van der Waals surface area contributed by atoms with Crippen molar-refractivity contribution in [1.82, 2.24) is 9.21 Å². The predicted molar refractivity (Wildman–Crippen MR) is 110 cm³/mol.